The molecule has 3 heterocycles. The van der Waals surface area contributed by atoms with Gasteiger partial charge in [0.15, 0.2) is 5.82 Å². The SMILES string of the molecule is CC(O)N1CCN(Cc2c[nH]c3ccc(-c4cnc(N)c(OCc5c(F)ccc(F)c5Cl)n4)cc23)CC1. The van der Waals surface area contributed by atoms with Gasteiger partial charge < -0.3 is 20.6 Å². The van der Waals surface area contributed by atoms with Crippen LogP contribution in [0, 0.1) is 11.6 Å². The number of aromatic nitrogens is 3. The minimum atomic E-state index is -0.741. The third kappa shape index (κ3) is 5.37. The number of nitrogen functional groups attached to an aromatic ring is 1. The average molecular weight is 529 g/mol. The fraction of sp³-hybridized carbons (Fsp3) is 0.308. The van der Waals surface area contributed by atoms with Crippen LogP contribution in [0.3, 0.4) is 0 Å². The molecule has 1 aliphatic rings. The van der Waals surface area contributed by atoms with Crippen molar-refractivity contribution in [2.45, 2.75) is 26.3 Å². The van der Waals surface area contributed by atoms with Crippen molar-refractivity contribution >= 4 is 28.3 Å². The van der Waals surface area contributed by atoms with Crippen LogP contribution in [0.15, 0.2) is 42.7 Å². The summed E-state index contributed by atoms with van der Waals surface area (Å²) in [6.45, 7) is 5.60. The summed E-state index contributed by atoms with van der Waals surface area (Å²) in [5.41, 5.74) is 9.29. The maximum atomic E-state index is 14.1. The molecule has 5 rings (SSSR count). The molecule has 4 aromatic rings. The van der Waals surface area contributed by atoms with E-state index in [-0.39, 0.29) is 28.9 Å². The number of rotatable bonds is 7. The molecule has 0 saturated carbocycles. The Hall–Kier alpha value is -3.31. The number of anilines is 1. The minimum Gasteiger partial charge on any atom is -0.470 e. The summed E-state index contributed by atoms with van der Waals surface area (Å²) in [7, 11) is 0. The Morgan fingerprint density at radius 2 is 1.92 bits per heavy atom. The molecule has 0 bridgehead atoms. The Morgan fingerprint density at radius 1 is 1.16 bits per heavy atom. The first-order valence-corrected chi connectivity index (χ1v) is 12.3. The van der Waals surface area contributed by atoms with Gasteiger partial charge in [0.25, 0.3) is 5.88 Å². The van der Waals surface area contributed by atoms with Crippen LogP contribution >= 0.6 is 11.6 Å². The number of nitrogens with two attached hydrogens (primary N) is 1. The molecule has 8 nitrogen and oxygen atoms in total. The highest BCUT2D eigenvalue weighted by Crippen LogP contribution is 2.30. The van der Waals surface area contributed by atoms with Gasteiger partial charge in [-0.05, 0) is 36.8 Å². The zero-order chi connectivity index (χ0) is 26.1. The summed E-state index contributed by atoms with van der Waals surface area (Å²) in [5, 5.41) is 10.5. The first kappa shape index (κ1) is 25.3. The molecule has 0 aliphatic carbocycles. The number of hydrogen-bond donors (Lipinski definition) is 3. The maximum Gasteiger partial charge on any atom is 0.258 e. The number of hydrogen-bond acceptors (Lipinski definition) is 7. The van der Waals surface area contributed by atoms with Crippen molar-refractivity contribution in [1.82, 2.24) is 24.8 Å². The van der Waals surface area contributed by atoms with Crippen LogP contribution in [0.4, 0.5) is 14.6 Å². The maximum absolute atomic E-state index is 14.1. The first-order chi connectivity index (χ1) is 17.8. The second kappa shape index (κ2) is 10.6. The fourth-order valence-corrected chi connectivity index (χ4v) is 4.68. The van der Waals surface area contributed by atoms with Crippen molar-refractivity contribution in [3.63, 3.8) is 0 Å². The van der Waals surface area contributed by atoms with E-state index in [0.29, 0.717) is 5.69 Å². The minimum absolute atomic E-state index is 0.00241. The van der Waals surface area contributed by atoms with Gasteiger partial charge in [-0.15, -0.1) is 0 Å². The molecule has 1 atom stereocenters. The quantitative estimate of drug-likeness (QED) is 0.309. The highest BCUT2D eigenvalue weighted by Gasteiger charge is 2.21. The molecule has 0 radical (unpaired) electrons. The van der Waals surface area contributed by atoms with Crippen LogP contribution in [0.25, 0.3) is 22.2 Å². The number of nitrogens with one attached hydrogen (secondary N) is 1. The van der Waals surface area contributed by atoms with Gasteiger partial charge >= 0.3 is 0 Å². The smallest absolute Gasteiger partial charge is 0.258 e. The average Bonchev–Trinajstić information content (AvgIpc) is 3.29. The van der Waals surface area contributed by atoms with Gasteiger partial charge in [0.2, 0.25) is 0 Å². The molecule has 11 heteroatoms. The first-order valence-electron chi connectivity index (χ1n) is 11.9. The third-order valence-corrected chi connectivity index (χ3v) is 7.06. The molecule has 1 saturated heterocycles. The monoisotopic (exact) mass is 528 g/mol. The summed E-state index contributed by atoms with van der Waals surface area (Å²) >= 11 is 5.90. The summed E-state index contributed by atoms with van der Waals surface area (Å²) in [4.78, 5) is 16.4. The normalized spacial score (nSPS) is 15.8. The molecule has 1 fully saturated rings. The number of aliphatic hydroxyl groups excluding tert-OH is 1. The number of fused-ring (bicyclic) bond motifs is 1. The lowest BCUT2D eigenvalue weighted by Crippen LogP contribution is -2.49. The number of aliphatic hydroxyl groups is 1. The predicted molar refractivity (Wildman–Crippen MR) is 138 cm³/mol. The summed E-state index contributed by atoms with van der Waals surface area (Å²) in [6.07, 6.45) is 3.12. The Balaban J connectivity index is 1.36. The van der Waals surface area contributed by atoms with E-state index in [2.05, 4.69) is 24.8 Å². The highest BCUT2D eigenvalue weighted by molar-refractivity contribution is 6.31. The molecule has 2 aromatic carbocycles. The van der Waals surface area contributed by atoms with Crippen molar-refractivity contribution in [1.29, 1.82) is 0 Å². The van der Waals surface area contributed by atoms with Crippen LogP contribution in [0.5, 0.6) is 5.88 Å². The van der Waals surface area contributed by atoms with Crippen LogP contribution in [-0.2, 0) is 13.2 Å². The Morgan fingerprint density at radius 3 is 2.68 bits per heavy atom. The molecule has 1 aliphatic heterocycles. The molecule has 1 unspecified atom stereocenters. The highest BCUT2D eigenvalue weighted by atomic mass is 35.5. The van der Waals surface area contributed by atoms with Gasteiger partial charge in [-0.25, -0.2) is 18.7 Å². The largest absolute Gasteiger partial charge is 0.470 e. The summed E-state index contributed by atoms with van der Waals surface area (Å²) in [6, 6.07) is 7.86. The second-order valence-electron chi connectivity index (χ2n) is 9.07. The Bertz CT molecular complexity index is 1420. The van der Waals surface area contributed by atoms with E-state index in [1.807, 2.05) is 24.4 Å². The standard InChI is InChI=1S/C26H27ClF2N6O2/c1-15(36)35-8-6-34(7-9-35)13-17-11-31-22-5-2-16(10-18(17)22)23-12-32-25(30)26(33-23)37-14-19-20(28)3-4-21(29)24(19)27/h2-5,10-12,15,31,36H,6-9,13-14H2,1H3,(H2,30,32). The van der Waals surface area contributed by atoms with E-state index >= 15 is 0 Å². The van der Waals surface area contributed by atoms with Crippen molar-refractivity contribution in [3.05, 3.63) is 70.5 Å². The number of piperazine rings is 1. The topological polar surface area (TPSA) is 104 Å². The Kier molecular flexibility index (Phi) is 7.25. The number of H-pyrrole nitrogens is 1. The molecule has 2 aromatic heterocycles. The van der Waals surface area contributed by atoms with Crippen molar-refractivity contribution in [2.75, 3.05) is 31.9 Å². The lowest BCUT2D eigenvalue weighted by atomic mass is 10.1. The van der Waals surface area contributed by atoms with Crippen molar-refractivity contribution < 1.29 is 18.6 Å². The van der Waals surface area contributed by atoms with E-state index in [4.69, 9.17) is 22.1 Å². The molecule has 37 heavy (non-hydrogen) atoms. The Labute approximate surface area is 217 Å². The van der Waals surface area contributed by atoms with Gasteiger partial charge in [0.05, 0.1) is 16.9 Å². The second-order valence-corrected chi connectivity index (χ2v) is 9.45. The number of benzene rings is 2. The lowest BCUT2D eigenvalue weighted by molar-refractivity contribution is -0.0141. The molecule has 0 spiro atoms. The van der Waals surface area contributed by atoms with E-state index < -0.39 is 17.9 Å². The van der Waals surface area contributed by atoms with Gasteiger partial charge in [-0.3, -0.25) is 9.80 Å². The zero-order valence-corrected chi connectivity index (χ0v) is 21.0. The number of aromatic amines is 1. The molecule has 4 N–H and O–H groups in total. The molecular weight excluding hydrogens is 502 g/mol. The summed E-state index contributed by atoms with van der Waals surface area (Å²) in [5.74, 6) is -1.40. The van der Waals surface area contributed by atoms with Crippen molar-refractivity contribution in [3.8, 4) is 17.1 Å². The van der Waals surface area contributed by atoms with Gasteiger partial charge in [0, 0.05) is 61.0 Å². The number of nitrogens with zero attached hydrogens (tertiary/aromatic N) is 4. The van der Waals surface area contributed by atoms with E-state index in [0.717, 1.165) is 66.9 Å². The number of ether oxygens (including phenoxy) is 1. The lowest BCUT2D eigenvalue weighted by Gasteiger charge is -2.36. The molecular formula is C26H27ClF2N6O2. The molecule has 0 amide bonds. The van der Waals surface area contributed by atoms with Crippen LogP contribution in [0.1, 0.15) is 18.1 Å². The van der Waals surface area contributed by atoms with Gasteiger partial charge in [0.1, 0.15) is 24.5 Å². The van der Waals surface area contributed by atoms with Crippen LogP contribution in [-0.4, -0.2) is 62.3 Å². The van der Waals surface area contributed by atoms with E-state index in [1.165, 1.54) is 0 Å². The van der Waals surface area contributed by atoms with Crippen LogP contribution < -0.4 is 10.5 Å². The van der Waals surface area contributed by atoms with Crippen molar-refractivity contribution in [2.24, 2.45) is 0 Å². The third-order valence-electron chi connectivity index (χ3n) is 6.65. The fourth-order valence-electron chi connectivity index (χ4n) is 4.47. The van der Waals surface area contributed by atoms with Gasteiger partial charge in [-0.2, -0.15) is 0 Å². The van der Waals surface area contributed by atoms with E-state index in [9.17, 15) is 13.9 Å². The molecule has 194 valence electrons. The predicted octanol–water partition coefficient (Wildman–Crippen LogP) is 4.17. The van der Waals surface area contributed by atoms with E-state index in [1.54, 1.807) is 13.1 Å². The van der Waals surface area contributed by atoms with Crippen LogP contribution in [0.2, 0.25) is 5.02 Å². The van der Waals surface area contributed by atoms with Gasteiger partial charge in [-0.1, -0.05) is 17.7 Å². The number of halogens is 3. The summed E-state index contributed by atoms with van der Waals surface area (Å²) < 4.78 is 33.5. The zero-order valence-electron chi connectivity index (χ0n) is 20.2.